The van der Waals surface area contributed by atoms with E-state index in [1.165, 1.54) is 11.8 Å². The Morgan fingerprint density at radius 2 is 2.14 bits per heavy atom. The number of nitrogens with zero attached hydrogens (tertiary/aromatic N) is 2. The van der Waals surface area contributed by atoms with E-state index >= 15 is 0 Å². The van der Waals surface area contributed by atoms with E-state index in [4.69, 9.17) is 4.74 Å². The molecule has 2 rings (SSSR count). The molecular weight excluding hydrogens is 282 g/mol. The Morgan fingerprint density at radius 3 is 2.82 bits per heavy atom. The second-order valence-corrected chi connectivity index (χ2v) is 5.42. The summed E-state index contributed by atoms with van der Waals surface area (Å²) >= 11 is 0. The van der Waals surface area contributed by atoms with Crippen LogP contribution in [0, 0.1) is 0 Å². The zero-order valence-corrected chi connectivity index (χ0v) is 13.3. The van der Waals surface area contributed by atoms with Crippen LogP contribution in [-0.2, 0) is 9.59 Å². The standard InChI is InChI=1S/C16H23N3O3/c1-12(20)18(2)11-16(21)19-9-8-17-10-14(19)13-6-4-5-7-15(13)22-3/h4-7,14,17H,8-11H2,1-3H3. The number of piperazine rings is 1. The van der Waals surface area contributed by atoms with Crippen molar-refractivity contribution >= 4 is 11.8 Å². The highest BCUT2D eigenvalue weighted by Gasteiger charge is 2.30. The van der Waals surface area contributed by atoms with Gasteiger partial charge in [0.15, 0.2) is 0 Å². The Bertz CT molecular complexity index is 547. The van der Waals surface area contributed by atoms with Crippen LogP contribution in [0.3, 0.4) is 0 Å². The summed E-state index contributed by atoms with van der Waals surface area (Å²) < 4.78 is 5.42. The number of nitrogens with one attached hydrogen (secondary N) is 1. The Hall–Kier alpha value is -2.08. The minimum atomic E-state index is -0.114. The lowest BCUT2D eigenvalue weighted by atomic mass is 10.0. The zero-order valence-electron chi connectivity index (χ0n) is 13.3. The molecule has 0 bridgehead atoms. The number of hydrogen-bond donors (Lipinski definition) is 1. The SMILES string of the molecule is COc1ccccc1C1CNCCN1C(=O)CN(C)C(C)=O. The number of likely N-dealkylation sites (N-methyl/N-ethyl adjacent to an activating group) is 1. The summed E-state index contributed by atoms with van der Waals surface area (Å²) in [6.07, 6.45) is 0. The van der Waals surface area contributed by atoms with Crippen LogP contribution in [-0.4, -0.2) is 62.0 Å². The van der Waals surface area contributed by atoms with Crippen molar-refractivity contribution in [1.29, 1.82) is 0 Å². The average molecular weight is 305 g/mol. The minimum absolute atomic E-state index is 0.0462. The van der Waals surface area contributed by atoms with E-state index < -0.39 is 0 Å². The van der Waals surface area contributed by atoms with Gasteiger partial charge in [0, 0.05) is 39.2 Å². The van der Waals surface area contributed by atoms with E-state index in [1.54, 1.807) is 14.2 Å². The van der Waals surface area contributed by atoms with Crippen molar-refractivity contribution in [2.45, 2.75) is 13.0 Å². The van der Waals surface area contributed by atoms with Crippen LogP contribution in [0.5, 0.6) is 5.75 Å². The van der Waals surface area contributed by atoms with Gasteiger partial charge in [-0.2, -0.15) is 0 Å². The van der Waals surface area contributed by atoms with Gasteiger partial charge in [-0.3, -0.25) is 9.59 Å². The third-order valence-corrected chi connectivity index (χ3v) is 3.97. The summed E-state index contributed by atoms with van der Waals surface area (Å²) in [6.45, 7) is 3.61. The van der Waals surface area contributed by atoms with Gasteiger partial charge in [0.25, 0.3) is 0 Å². The molecule has 1 heterocycles. The molecule has 1 aliphatic rings. The number of ether oxygens (including phenoxy) is 1. The molecule has 120 valence electrons. The summed E-state index contributed by atoms with van der Waals surface area (Å²) in [5, 5.41) is 3.32. The van der Waals surface area contributed by atoms with Crippen molar-refractivity contribution in [3.8, 4) is 5.75 Å². The number of para-hydroxylation sites is 1. The second-order valence-electron chi connectivity index (χ2n) is 5.42. The number of amides is 2. The van der Waals surface area contributed by atoms with Gasteiger partial charge in [-0.05, 0) is 6.07 Å². The lowest BCUT2D eigenvalue weighted by Crippen LogP contribution is -2.51. The molecule has 2 amide bonds. The predicted molar refractivity (Wildman–Crippen MR) is 83.6 cm³/mol. The normalized spacial score (nSPS) is 18.0. The largest absolute Gasteiger partial charge is 0.496 e. The molecule has 1 saturated heterocycles. The van der Waals surface area contributed by atoms with Crippen LogP contribution in [0.1, 0.15) is 18.5 Å². The number of benzene rings is 1. The van der Waals surface area contributed by atoms with Crippen LogP contribution >= 0.6 is 0 Å². The van der Waals surface area contributed by atoms with Crippen LogP contribution in [0.15, 0.2) is 24.3 Å². The van der Waals surface area contributed by atoms with Gasteiger partial charge in [-0.25, -0.2) is 0 Å². The van der Waals surface area contributed by atoms with Crippen molar-refractivity contribution < 1.29 is 14.3 Å². The van der Waals surface area contributed by atoms with Gasteiger partial charge in [-0.15, -0.1) is 0 Å². The molecule has 1 N–H and O–H groups in total. The Morgan fingerprint density at radius 1 is 1.41 bits per heavy atom. The average Bonchev–Trinajstić information content (AvgIpc) is 2.54. The molecule has 1 fully saturated rings. The number of rotatable bonds is 4. The molecule has 1 atom stereocenters. The van der Waals surface area contributed by atoms with E-state index in [0.717, 1.165) is 17.9 Å². The van der Waals surface area contributed by atoms with Crippen molar-refractivity contribution in [3.05, 3.63) is 29.8 Å². The molecule has 0 radical (unpaired) electrons. The Labute approximate surface area is 131 Å². The molecule has 22 heavy (non-hydrogen) atoms. The predicted octanol–water partition coefficient (Wildman–Crippen LogP) is 0.646. The lowest BCUT2D eigenvalue weighted by Gasteiger charge is -2.37. The maximum Gasteiger partial charge on any atom is 0.242 e. The summed E-state index contributed by atoms with van der Waals surface area (Å²) in [6, 6.07) is 7.64. The fourth-order valence-corrected chi connectivity index (χ4v) is 2.63. The molecular formula is C16H23N3O3. The maximum absolute atomic E-state index is 12.6. The second kappa shape index (κ2) is 7.26. The Balaban J connectivity index is 2.21. The lowest BCUT2D eigenvalue weighted by molar-refractivity contribution is -0.140. The first-order valence-corrected chi connectivity index (χ1v) is 7.39. The summed E-state index contributed by atoms with van der Waals surface area (Å²) in [5.41, 5.74) is 0.982. The summed E-state index contributed by atoms with van der Waals surface area (Å²) in [4.78, 5) is 27.2. The van der Waals surface area contributed by atoms with Crippen LogP contribution in [0.4, 0.5) is 0 Å². The number of carbonyl (C=O) groups excluding carboxylic acids is 2. The number of hydrogen-bond acceptors (Lipinski definition) is 4. The monoisotopic (exact) mass is 305 g/mol. The van der Waals surface area contributed by atoms with Crippen molar-refractivity contribution in [2.75, 3.05) is 40.3 Å². The fourth-order valence-electron chi connectivity index (χ4n) is 2.63. The molecule has 0 saturated carbocycles. The fraction of sp³-hybridized carbons (Fsp3) is 0.500. The van der Waals surface area contributed by atoms with E-state index in [-0.39, 0.29) is 24.4 Å². The highest BCUT2D eigenvalue weighted by Crippen LogP contribution is 2.30. The van der Waals surface area contributed by atoms with Gasteiger partial charge in [0.05, 0.1) is 19.7 Å². The molecule has 1 aromatic rings. The minimum Gasteiger partial charge on any atom is -0.496 e. The van der Waals surface area contributed by atoms with Gasteiger partial charge >= 0.3 is 0 Å². The molecule has 6 nitrogen and oxygen atoms in total. The van der Waals surface area contributed by atoms with E-state index in [2.05, 4.69) is 5.32 Å². The van der Waals surface area contributed by atoms with Crippen molar-refractivity contribution in [3.63, 3.8) is 0 Å². The van der Waals surface area contributed by atoms with Crippen molar-refractivity contribution in [2.24, 2.45) is 0 Å². The third-order valence-electron chi connectivity index (χ3n) is 3.97. The van der Waals surface area contributed by atoms with Gasteiger partial charge in [0.1, 0.15) is 5.75 Å². The number of methoxy groups -OCH3 is 1. The van der Waals surface area contributed by atoms with Crippen LogP contribution < -0.4 is 10.1 Å². The Kier molecular flexibility index (Phi) is 5.38. The molecule has 0 aromatic heterocycles. The molecule has 0 spiro atoms. The first-order valence-electron chi connectivity index (χ1n) is 7.39. The highest BCUT2D eigenvalue weighted by molar-refractivity contribution is 5.84. The summed E-state index contributed by atoms with van der Waals surface area (Å²) in [7, 11) is 3.27. The van der Waals surface area contributed by atoms with E-state index in [1.807, 2.05) is 29.2 Å². The molecule has 1 unspecified atom stereocenters. The first-order chi connectivity index (χ1) is 10.5. The molecule has 1 aromatic carbocycles. The molecule has 0 aliphatic carbocycles. The quantitative estimate of drug-likeness (QED) is 0.887. The molecule has 1 aliphatic heterocycles. The van der Waals surface area contributed by atoms with Crippen LogP contribution in [0.25, 0.3) is 0 Å². The van der Waals surface area contributed by atoms with Gasteiger partial charge in [-0.1, -0.05) is 18.2 Å². The first kappa shape index (κ1) is 16.3. The van der Waals surface area contributed by atoms with Crippen molar-refractivity contribution in [1.82, 2.24) is 15.1 Å². The zero-order chi connectivity index (χ0) is 16.1. The van der Waals surface area contributed by atoms with E-state index in [9.17, 15) is 9.59 Å². The highest BCUT2D eigenvalue weighted by atomic mass is 16.5. The topological polar surface area (TPSA) is 61.9 Å². The van der Waals surface area contributed by atoms with Crippen LogP contribution in [0.2, 0.25) is 0 Å². The maximum atomic E-state index is 12.6. The number of carbonyl (C=O) groups is 2. The summed E-state index contributed by atoms with van der Waals surface area (Å²) in [5.74, 6) is 0.612. The smallest absolute Gasteiger partial charge is 0.242 e. The van der Waals surface area contributed by atoms with Gasteiger partial charge < -0.3 is 19.9 Å². The molecule has 6 heteroatoms. The van der Waals surface area contributed by atoms with E-state index in [0.29, 0.717) is 13.1 Å². The third kappa shape index (κ3) is 3.57. The van der Waals surface area contributed by atoms with Gasteiger partial charge in [0.2, 0.25) is 11.8 Å².